The van der Waals surface area contributed by atoms with Crippen molar-refractivity contribution in [1.82, 2.24) is 4.57 Å². The lowest BCUT2D eigenvalue weighted by molar-refractivity contribution is 0.768. The number of rotatable bonds is 10. The van der Waals surface area contributed by atoms with Crippen LogP contribution in [-0.4, -0.2) is 4.57 Å². The molecule has 1 heterocycles. The zero-order chi connectivity index (χ0) is 46.4. The first-order chi connectivity index (χ1) is 34.8. The average molecular weight is 894 g/mol. The Labute approximate surface area is 409 Å². The Morgan fingerprint density at radius 1 is 0.314 bits per heavy atom. The number of aromatic nitrogens is 1. The van der Waals surface area contributed by atoms with E-state index in [4.69, 9.17) is 0 Å². The third-order valence-electron chi connectivity index (χ3n) is 14.2. The molecule has 0 unspecified atom stereocenters. The molecule has 0 aliphatic heterocycles. The lowest BCUT2D eigenvalue weighted by Crippen LogP contribution is -2.28. The second-order valence-corrected chi connectivity index (χ2v) is 18.0. The highest BCUT2D eigenvalue weighted by Crippen LogP contribution is 2.60. The van der Waals surface area contributed by atoms with Crippen molar-refractivity contribution < 1.29 is 0 Å². The van der Waals surface area contributed by atoms with E-state index < -0.39 is 5.41 Å². The number of nitrogens with zero attached hydrogens (tertiary/aromatic N) is 3. The van der Waals surface area contributed by atoms with Gasteiger partial charge in [0.05, 0.1) is 33.5 Å². The molecule has 0 atom stereocenters. The molecule has 0 saturated heterocycles. The first-order valence-corrected chi connectivity index (χ1v) is 24.1. The number of hydrogen-bond acceptors (Lipinski definition) is 2. The van der Waals surface area contributed by atoms with Gasteiger partial charge >= 0.3 is 0 Å². The normalized spacial score (nSPS) is 12.4. The van der Waals surface area contributed by atoms with E-state index in [1.165, 1.54) is 55.3 Å². The van der Waals surface area contributed by atoms with Crippen molar-refractivity contribution in [2.75, 3.05) is 9.80 Å². The zero-order valence-electron chi connectivity index (χ0n) is 38.5. The molecule has 1 aliphatic rings. The van der Waals surface area contributed by atoms with Crippen LogP contribution in [0.2, 0.25) is 0 Å². The first-order valence-electron chi connectivity index (χ1n) is 24.1. The van der Waals surface area contributed by atoms with Crippen molar-refractivity contribution in [3.05, 3.63) is 307 Å². The molecule has 3 nitrogen and oxygen atoms in total. The van der Waals surface area contributed by atoms with Crippen LogP contribution in [0.25, 0.3) is 49.7 Å². The Kier molecular flexibility index (Phi) is 10.1. The Morgan fingerprint density at radius 2 is 0.786 bits per heavy atom. The molecular formula is C67H47N3. The minimum absolute atomic E-state index is 0.558. The molecule has 13 rings (SSSR count). The molecule has 0 saturated carbocycles. The fraction of sp³-hybridized carbons (Fsp3) is 0.0149. The van der Waals surface area contributed by atoms with Gasteiger partial charge in [-0.25, -0.2) is 0 Å². The van der Waals surface area contributed by atoms with E-state index in [1.54, 1.807) is 0 Å². The summed E-state index contributed by atoms with van der Waals surface area (Å²) < 4.78 is 2.46. The lowest BCUT2D eigenvalue weighted by Gasteiger charge is -2.34. The van der Waals surface area contributed by atoms with E-state index in [0.29, 0.717) is 0 Å². The summed E-state index contributed by atoms with van der Waals surface area (Å²) in [5.41, 5.74) is 19.1. The molecule has 0 fully saturated rings. The molecule has 1 aliphatic carbocycles. The van der Waals surface area contributed by atoms with Crippen molar-refractivity contribution >= 4 is 55.9 Å². The van der Waals surface area contributed by atoms with Gasteiger partial charge in [0.1, 0.15) is 0 Å². The third kappa shape index (κ3) is 6.58. The molecule has 12 aromatic rings. The van der Waals surface area contributed by atoms with Crippen LogP contribution in [0.1, 0.15) is 22.3 Å². The molecule has 330 valence electrons. The van der Waals surface area contributed by atoms with Gasteiger partial charge in [-0.3, -0.25) is 0 Å². The van der Waals surface area contributed by atoms with Gasteiger partial charge < -0.3 is 14.4 Å². The number of benzene rings is 11. The smallest absolute Gasteiger partial charge is 0.0714 e. The Balaban J connectivity index is 1.15. The molecule has 0 bridgehead atoms. The standard InChI is InChI=1S/C67H47N3/c1-7-24-48(25-8-1)49-42-44-55(45-43-49)70-61-40-22-20-37-58(61)66-63(68(52-30-13-4-14-31-52)53-32-15-5-16-33-53)46-56(47-64(66)70)69(54-34-17-6-18-35-54)62-41-23-39-60-65(62)57-36-19-21-38-59(57)67(60,50-26-9-2-10-27-50)51-28-11-3-12-29-51/h1-47H. The van der Waals surface area contributed by atoms with E-state index in [0.717, 1.165) is 50.8 Å². The molecule has 70 heavy (non-hydrogen) atoms. The van der Waals surface area contributed by atoms with E-state index in [-0.39, 0.29) is 0 Å². The van der Waals surface area contributed by atoms with Gasteiger partial charge in [0.25, 0.3) is 0 Å². The minimum atomic E-state index is -0.558. The van der Waals surface area contributed by atoms with Crippen molar-refractivity contribution in [3.8, 4) is 27.9 Å². The summed E-state index contributed by atoms with van der Waals surface area (Å²) in [5.74, 6) is 0. The van der Waals surface area contributed by atoms with Crippen LogP contribution in [0, 0.1) is 0 Å². The molecule has 0 N–H and O–H groups in total. The highest BCUT2D eigenvalue weighted by Gasteiger charge is 2.47. The van der Waals surface area contributed by atoms with Gasteiger partial charge in [0, 0.05) is 39.1 Å². The van der Waals surface area contributed by atoms with E-state index in [2.05, 4.69) is 299 Å². The maximum atomic E-state index is 2.50. The largest absolute Gasteiger partial charge is 0.310 e. The topological polar surface area (TPSA) is 11.4 Å². The van der Waals surface area contributed by atoms with Crippen molar-refractivity contribution in [2.45, 2.75) is 5.41 Å². The fourth-order valence-electron chi connectivity index (χ4n) is 11.3. The van der Waals surface area contributed by atoms with Crippen LogP contribution in [0.5, 0.6) is 0 Å². The van der Waals surface area contributed by atoms with Crippen LogP contribution in [0.3, 0.4) is 0 Å². The summed E-state index contributed by atoms with van der Waals surface area (Å²) in [6, 6.07) is 104. The number of hydrogen-bond donors (Lipinski definition) is 0. The highest BCUT2D eigenvalue weighted by atomic mass is 15.2. The van der Waals surface area contributed by atoms with Gasteiger partial charge in [0.2, 0.25) is 0 Å². The maximum Gasteiger partial charge on any atom is 0.0714 e. The predicted octanol–water partition coefficient (Wildman–Crippen LogP) is 17.8. The van der Waals surface area contributed by atoms with Crippen LogP contribution >= 0.6 is 0 Å². The first kappa shape index (κ1) is 41.0. The van der Waals surface area contributed by atoms with E-state index >= 15 is 0 Å². The van der Waals surface area contributed by atoms with Gasteiger partial charge in [-0.15, -0.1) is 0 Å². The van der Waals surface area contributed by atoms with Crippen LogP contribution in [0.15, 0.2) is 285 Å². The lowest BCUT2D eigenvalue weighted by atomic mass is 9.68. The SMILES string of the molecule is c1ccc(-c2ccc(-n3c4ccccc4c4c(N(c5ccccc5)c5ccccc5)cc(N(c5ccccc5)c5cccc6c5-c5ccccc5C6(c5ccccc5)c5ccccc5)cc43)cc2)cc1. The molecule has 11 aromatic carbocycles. The van der Waals surface area contributed by atoms with Crippen molar-refractivity contribution in [3.63, 3.8) is 0 Å². The van der Waals surface area contributed by atoms with E-state index in [9.17, 15) is 0 Å². The Morgan fingerprint density at radius 3 is 1.39 bits per heavy atom. The molecule has 1 aromatic heterocycles. The van der Waals surface area contributed by atoms with Gasteiger partial charge in [-0.05, 0) is 112 Å². The van der Waals surface area contributed by atoms with Crippen molar-refractivity contribution in [1.29, 1.82) is 0 Å². The second kappa shape index (κ2) is 17.2. The fourth-order valence-corrected chi connectivity index (χ4v) is 11.3. The average Bonchev–Trinajstić information content (AvgIpc) is 3.94. The third-order valence-corrected chi connectivity index (χ3v) is 14.2. The van der Waals surface area contributed by atoms with Crippen molar-refractivity contribution in [2.24, 2.45) is 0 Å². The second-order valence-electron chi connectivity index (χ2n) is 18.0. The minimum Gasteiger partial charge on any atom is -0.310 e. The summed E-state index contributed by atoms with van der Waals surface area (Å²) in [4.78, 5) is 4.93. The summed E-state index contributed by atoms with van der Waals surface area (Å²) in [5, 5.41) is 2.35. The number of para-hydroxylation sites is 4. The number of fused-ring (bicyclic) bond motifs is 6. The molecule has 0 radical (unpaired) electrons. The van der Waals surface area contributed by atoms with Crippen LogP contribution in [-0.2, 0) is 5.41 Å². The van der Waals surface area contributed by atoms with Crippen LogP contribution < -0.4 is 9.80 Å². The maximum absolute atomic E-state index is 2.50. The molecule has 0 amide bonds. The quantitative estimate of drug-likeness (QED) is 0.136. The van der Waals surface area contributed by atoms with Gasteiger partial charge in [-0.1, -0.05) is 212 Å². The van der Waals surface area contributed by atoms with Crippen LogP contribution in [0.4, 0.5) is 34.1 Å². The molecule has 0 spiro atoms. The monoisotopic (exact) mass is 893 g/mol. The highest BCUT2D eigenvalue weighted by molar-refractivity contribution is 6.18. The summed E-state index contributed by atoms with van der Waals surface area (Å²) in [6.45, 7) is 0. The Bertz CT molecular complexity index is 3720. The van der Waals surface area contributed by atoms with Gasteiger partial charge in [-0.2, -0.15) is 0 Å². The summed E-state index contributed by atoms with van der Waals surface area (Å²) in [7, 11) is 0. The predicted molar refractivity (Wildman–Crippen MR) is 293 cm³/mol. The number of anilines is 6. The Hall–Kier alpha value is -9.18. The zero-order valence-corrected chi connectivity index (χ0v) is 38.5. The van der Waals surface area contributed by atoms with Gasteiger partial charge in [0.15, 0.2) is 0 Å². The van der Waals surface area contributed by atoms with E-state index in [1.807, 2.05) is 0 Å². The summed E-state index contributed by atoms with van der Waals surface area (Å²) >= 11 is 0. The summed E-state index contributed by atoms with van der Waals surface area (Å²) in [6.07, 6.45) is 0. The molecular weight excluding hydrogens is 847 g/mol. The molecule has 3 heteroatoms.